The number of amides is 1. The second kappa shape index (κ2) is 6.88. The monoisotopic (exact) mass is 348 g/mol. The zero-order chi connectivity index (χ0) is 17.1. The highest BCUT2D eigenvalue weighted by Gasteiger charge is 2.14. The maximum atomic E-state index is 12.2. The van der Waals surface area contributed by atoms with Gasteiger partial charge in [0.25, 0.3) is 0 Å². The second-order valence-electron chi connectivity index (χ2n) is 5.27. The molecule has 0 unspecified atom stereocenters. The summed E-state index contributed by atoms with van der Waals surface area (Å²) >= 11 is 6.06. The first-order valence-corrected chi connectivity index (χ1v) is 7.72. The largest absolute Gasteiger partial charge is 0.495 e. The molecular formula is C17H17ClN2O4. The number of benzene rings is 2. The number of aryl methyl sites for hydroxylation is 1. The first-order chi connectivity index (χ1) is 11.6. The van der Waals surface area contributed by atoms with Gasteiger partial charge >= 0.3 is 0 Å². The molecule has 1 amide bonds. The normalized spacial score (nSPS) is 12.0. The van der Waals surface area contributed by atoms with Gasteiger partial charge in [0, 0.05) is 22.8 Å². The summed E-state index contributed by atoms with van der Waals surface area (Å²) in [5.41, 5.74) is 2.21. The highest BCUT2D eigenvalue weighted by atomic mass is 35.5. The lowest BCUT2D eigenvalue weighted by molar-refractivity contribution is -0.114. The molecule has 0 aromatic heterocycles. The molecule has 2 aromatic carbocycles. The van der Waals surface area contributed by atoms with E-state index in [4.69, 9.17) is 25.8 Å². The van der Waals surface area contributed by atoms with E-state index in [2.05, 4.69) is 10.6 Å². The maximum Gasteiger partial charge on any atom is 0.243 e. The topological polar surface area (TPSA) is 68.8 Å². The van der Waals surface area contributed by atoms with Gasteiger partial charge in [-0.05, 0) is 30.7 Å². The minimum Gasteiger partial charge on any atom is -0.495 e. The Kier molecular flexibility index (Phi) is 4.66. The van der Waals surface area contributed by atoms with Gasteiger partial charge < -0.3 is 24.8 Å². The molecule has 24 heavy (non-hydrogen) atoms. The third kappa shape index (κ3) is 3.49. The summed E-state index contributed by atoms with van der Waals surface area (Å²) < 4.78 is 15.8. The van der Waals surface area contributed by atoms with Crippen LogP contribution >= 0.6 is 11.6 Å². The predicted octanol–water partition coefficient (Wildman–Crippen LogP) is 3.44. The van der Waals surface area contributed by atoms with Gasteiger partial charge in [0.1, 0.15) is 5.75 Å². The molecule has 1 heterocycles. The van der Waals surface area contributed by atoms with Gasteiger partial charge in [-0.25, -0.2) is 0 Å². The summed E-state index contributed by atoms with van der Waals surface area (Å²) in [6.45, 7) is 2.18. The number of anilines is 2. The van der Waals surface area contributed by atoms with Crippen LogP contribution in [0.1, 0.15) is 5.56 Å². The molecule has 3 rings (SSSR count). The summed E-state index contributed by atoms with van der Waals surface area (Å²) in [6, 6.07) is 8.88. The summed E-state index contributed by atoms with van der Waals surface area (Å²) in [6.07, 6.45) is 0. The van der Waals surface area contributed by atoms with Gasteiger partial charge in [-0.2, -0.15) is 0 Å². The van der Waals surface area contributed by atoms with Gasteiger partial charge in [0.15, 0.2) is 11.5 Å². The molecule has 0 radical (unpaired) electrons. The highest BCUT2D eigenvalue weighted by Crippen LogP contribution is 2.34. The van der Waals surface area contributed by atoms with Crippen molar-refractivity contribution in [3.63, 3.8) is 0 Å². The number of carbonyl (C=O) groups excluding carboxylic acids is 1. The van der Waals surface area contributed by atoms with E-state index in [1.54, 1.807) is 24.3 Å². The van der Waals surface area contributed by atoms with Crippen molar-refractivity contribution in [1.29, 1.82) is 0 Å². The van der Waals surface area contributed by atoms with Crippen LogP contribution in [0.2, 0.25) is 5.02 Å². The SMILES string of the molecule is COc1cc(Cl)c(C)cc1NC(=O)CNc1ccc2c(c1)OCO2. The Bertz CT molecular complexity index is 779. The highest BCUT2D eigenvalue weighted by molar-refractivity contribution is 6.31. The van der Waals surface area contributed by atoms with E-state index in [0.29, 0.717) is 28.0 Å². The van der Waals surface area contributed by atoms with Crippen LogP contribution in [-0.2, 0) is 4.79 Å². The van der Waals surface area contributed by atoms with Crippen molar-refractivity contribution >= 4 is 28.9 Å². The number of rotatable bonds is 5. The lowest BCUT2D eigenvalue weighted by atomic mass is 10.2. The zero-order valence-electron chi connectivity index (χ0n) is 13.3. The zero-order valence-corrected chi connectivity index (χ0v) is 14.1. The average molecular weight is 349 g/mol. The number of halogens is 1. The van der Waals surface area contributed by atoms with E-state index >= 15 is 0 Å². The fraction of sp³-hybridized carbons (Fsp3) is 0.235. The van der Waals surface area contributed by atoms with Crippen LogP contribution in [0.5, 0.6) is 17.2 Å². The fourth-order valence-electron chi connectivity index (χ4n) is 2.31. The van der Waals surface area contributed by atoms with Gasteiger partial charge in [0.2, 0.25) is 12.7 Å². The number of fused-ring (bicyclic) bond motifs is 1. The summed E-state index contributed by atoms with van der Waals surface area (Å²) in [7, 11) is 1.53. The van der Waals surface area contributed by atoms with Crippen molar-refractivity contribution in [1.82, 2.24) is 0 Å². The van der Waals surface area contributed by atoms with Crippen LogP contribution in [0.3, 0.4) is 0 Å². The maximum absolute atomic E-state index is 12.2. The molecular weight excluding hydrogens is 332 g/mol. The van der Waals surface area contributed by atoms with Crippen LogP contribution in [0.25, 0.3) is 0 Å². The Hall–Kier alpha value is -2.60. The van der Waals surface area contributed by atoms with Crippen LogP contribution in [0, 0.1) is 6.92 Å². The quantitative estimate of drug-likeness (QED) is 0.866. The van der Waals surface area contributed by atoms with Crippen molar-refractivity contribution in [3.8, 4) is 17.2 Å². The minimum atomic E-state index is -0.201. The smallest absolute Gasteiger partial charge is 0.243 e. The molecule has 1 aliphatic rings. The Morgan fingerprint density at radius 1 is 1.25 bits per heavy atom. The van der Waals surface area contributed by atoms with E-state index < -0.39 is 0 Å². The summed E-state index contributed by atoms with van der Waals surface area (Å²) in [5.74, 6) is 1.68. The summed E-state index contributed by atoms with van der Waals surface area (Å²) in [5, 5.41) is 6.44. The Labute approximate surface area is 144 Å². The van der Waals surface area contributed by atoms with Crippen LogP contribution in [0.4, 0.5) is 11.4 Å². The standard InChI is InChI=1S/C17H17ClN2O4/c1-10-5-13(15(22-2)7-12(10)18)20-17(21)8-19-11-3-4-14-16(6-11)24-9-23-14/h3-7,19H,8-9H2,1-2H3,(H,20,21). The third-order valence-corrected chi connectivity index (χ3v) is 3.99. The van der Waals surface area contributed by atoms with Crippen LogP contribution in [-0.4, -0.2) is 26.4 Å². The van der Waals surface area contributed by atoms with Gasteiger partial charge in [0.05, 0.1) is 19.3 Å². The average Bonchev–Trinajstić information content (AvgIpc) is 3.03. The van der Waals surface area contributed by atoms with Crippen molar-refractivity contribution in [2.75, 3.05) is 31.1 Å². The van der Waals surface area contributed by atoms with Crippen LogP contribution in [0.15, 0.2) is 30.3 Å². The number of methoxy groups -OCH3 is 1. The molecule has 0 fully saturated rings. The Morgan fingerprint density at radius 3 is 2.83 bits per heavy atom. The lowest BCUT2D eigenvalue weighted by Gasteiger charge is -2.13. The molecule has 126 valence electrons. The van der Waals surface area contributed by atoms with Crippen molar-refractivity contribution in [2.45, 2.75) is 6.92 Å². The van der Waals surface area contributed by atoms with E-state index in [-0.39, 0.29) is 19.2 Å². The first kappa shape index (κ1) is 16.3. The molecule has 0 aliphatic carbocycles. The molecule has 7 heteroatoms. The number of carbonyl (C=O) groups is 1. The number of nitrogens with one attached hydrogen (secondary N) is 2. The fourth-order valence-corrected chi connectivity index (χ4v) is 2.47. The lowest BCUT2D eigenvalue weighted by Crippen LogP contribution is -2.22. The number of hydrogen-bond donors (Lipinski definition) is 2. The molecule has 2 aromatic rings. The second-order valence-corrected chi connectivity index (χ2v) is 5.68. The third-order valence-electron chi connectivity index (χ3n) is 3.58. The molecule has 0 atom stereocenters. The molecule has 2 N–H and O–H groups in total. The molecule has 1 aliphatic heterocycles. The number of ether oxygens (including phenoxy) is 3. The van der Waals surface area contributed by atoms with Crippen molar-refractivity contribution in [3.05, 3.63) is 40.9 Å². The molecule has 0 bridgehead atoms. The van der Waals surface area contributed by atoms with E-state index in [1.807, 2.05) is 13.0 Å². The first-order valence-electron chi connectivity index (χ1n) is 7.34. The van der Waals surface area contributed by atoms with Gasteiger partial charge in [-0.15, -0.1) is 0 Å². The number of hydrogen-bond acceptors (Lipinski definition) is 5. The molecule has 0 saturated heterocycles. The molecule has 0 saturated carbocycles. The molecule has 0 spiro atoms. The summed E-state index contributed by atoms with van der Waals surface area (Å²) in [4.78, 5) is 12.2. The van der Waals surface area contributed by atoms with Crippen molar-refractivity contribution in [2.24, 2.45) is 0 Å². The van der Waals surface area contributed by atoms with Gasteiger partial charge in [-0.3, -0.25) is 4.79 Å². The van der Waals surface area contributed by atoms with Gasteiger partial charge in [-0.1, -0.05) is 11.6 Å². The minimum absolute atomic E-state index is 0.102. The Balaban J connectivity index is 1.63. The predicted molar refractivity (Wildman–Crippen MR) is 92.4 cm³/mol. The molecule has 6 nitrogen and oxygen atoms in total. The van der Waals surface area contributed by atoms with E-state index in [1.165, 1.54) is 7.11 Å². The Morgan fingerprint density at radius 2 is 2.04 bits per heavy atom. The van der Waals surface area contributed by atoms with Crippen LogP contribution < -0.4 is 24.8 Å². The van der Waals surface area contributed by atoms with Crippen molar-refractivity contribution < 1.29 is 19.0 Å². The van der Waals surface area contributed by atoms with E-state index in [9.17, 15) is 4.79 Å². The van der Waals surface area contributed by atoms with E-state index in [0.717, 1.165) is 11.3 Å².